The summed E-state index contributed by atoms with van der Waals surface area (Å²) in [5.41, 5.74) is 6.49. The van der Waals surface area contributed by atoms with Crippen LogP contribution in [0.5, 0.6) is 0 Å². The van der Waals surface area contributed by atoms with Gasteiger partial charge in [0.1, 0.15) is 5.52 Å². The number of aliphatic hydroxyl groups excluding tert-OH is 1. The fourth-order valence-corrected chi connectivity index (χ4v) is 6.46. The first-order valence-corrected chi connectivity index (χ1v) is 14.8. The van der Waals surface area contributed by atoms with E-state index >= 15 is 0 Å². The van der Waals surface area contributed by atoms with Crippen LogP contribution in [-0.4, -0.2) is 67.7 Å². The number of aromatic nitrogens is 1. The van der Waals surface area contributed by atoms with Crippen LogP contribution in [-0.2, 0) is 16.1 Å². The maximum atomic E-state index is 12.5. The second-order valence-corrected chi connectivity index (χ2v) is 11.6. The summed E-state index contributed by atoms with van der Waals surface area (Å²) >= 11 is 1.73. The lowest BCUT2D eigenvalue weighted by Gasteiger charge is -2.35. The van der Waals surface area contributed by atoms with Crippen LogP contribution < -0.4 is 20.4 Å². The van der Waals surface area contributed by atoms with Crippen molar-refractivity contribution in [3.8, 4) is 11.1 Å². The average Bonchev–Trinajstić information content (AvgIpc) is 3.42. The number of amides is 2. The molecule has 2 aliphatic rings. The van der Waals surface area contributed by atoms with E-state index in [0.717, 1.165) is 63.9 Å². The van der Waals surface area contributed by atoms with Gasteiger partial charge in [0.15, 0.2) is 5.13 Å². The third-order valence-corrected chi connectivity index (χ3v) is 8.44. The van der Waals surface area contributed by atoms with E-state index in [1.807, 2.05) is 24.3 Å². The van der Waals surface area contributed by atoms with Crippen LogP contribution in [0.2, 0.25) is 0 Å². The molecule has 9 nitrogen and oxygen atoms in total. The molecule has 2 fully saturated rings. The number of benzene rings is 3. The molecule has 41 heavy (non-hydrogen) atoms. The molecule has 0 radical (unpaired) electrons. The highest BCUT2D eigenvalue weighted by Crippen LogP contribution is 2.39. The van der Waals surface area contributed by atoms with Gasteiger partial charge in [-0.3, -0.25) is 0 Å². The molecule has 2 atom stereocenters. The predicted molar refractivity (Wildman–Crippen MR) is 165 cm³/mol. The first-order valence-electron chi connectivity index (χ1n) is 14.0. The predicted octanol–water partition coefficient (Wildman–Crippen LogP) is 5.55. The number of carbonyl (C=O) groups is 1. The summed E-state index contributed by atoms with van der Waals surface area (Å²) in [5.74, 6) is 0. The number of aliphatic hydroxyl groups is 1. The Balaban J connectivity index is 1.25. The van der Waals surface area contributed by atoms with Crippen molar-refractivity contribution >= 4 is 49.8 Å². The number of nitrogens with zero attached hydrogens (tertiary/aromatic N) is 3. The fraction of sp³-hybridized carbons (Fsp3) is 0.355. The van der Waals surface area contributed by atoms with Crippen LogP contribution in [0.3, 0.4) is 0 Å². The molecule has 0 spiro atoms. The SMILES string of the molecule is C[C@@H]1CN(c2nc3c(N4CCOCC4)cc(-c4ccc(NC(=O)Nc5ccc(CO)cc5)cc4)cc3s2)C[C@H](C)O1. The van der Waals surface area contributed by atoms with Crippen molar-refractivity contribution in [3.05, 3.63) is 66.2 Å². The third-order valence-electron chi connectivity index (χ3n) is 7.38. The van der Waals surface area contributed by atoms with Gasteiger partial charge in [0.05, 0.1) is 42.4 Å². The molecule has 2 saturated heterocycles. The molecule has 3 aromatic carbocycles. The average molecular weight is 574 g/mol. The Morgan fingerprint density at radius 1 is 0.927 bits per heavy atom. The molecule has 0 saturated carbocycles. The first kappa shape index (κ1) is 27.5. The van der Waals surface area contributed by atoms with Gasteiger partial charge in [-0.1, -0.05) is 35.6 Å². The van der Waals surface area contributed by atoms with Gasteiger partial charge in [-0.15, -0.1) is 0 Å². The number of rotatable bonds is 6. The highest BCUT2D eigenvalue weighted by atomic mass is 32.1. The molecule has 6 rings (SSSR count). The van der Waals surface area contributed by atoms with Crippen molar-refractivity contribution in [3.63, 3.8) is 0 Å². The summed E-state index contributed by atoms with van der Waals surface area (Å²) in [6, 6.07) is 19.1. The van der Waals surface area contributed by atoms with Crippen LogP contribution in [0.25, 0.3) is 21.3 Å². The number of ether oxygens (including phenoxy) is 2. The number of thiazole rings is 1. The number of fused-ring (bicyclic) bond motifs is 1. The molecular formula is C31H35N5O4S. The number of morpholine rings is 2. The summed E-state index contributed by atoms with van der Waals surface area (Å²) in [6.45, 7) is 8.94. The molecular weight excluding hydrogens is 538 g/mol. The second-order valence-electron chi connectivity index (χ2n) is 10.6. The topological polar surface area (TPSA) is 99.2 Å². The van der Waals surface area contributed by atoms with Crippen LogP contribution in [0.4, 0.5) is 27.0 Å². The minimum atomic E-state index is -0.325. The lowest BCUT2D eigenvalue weighted by molar-refractivity contribution is -0.00521. The number of nitrogens with one attached hydrogen (secondary N) is 2. The minimum Gasteiger partial charge on any atom is -0.392 e. The lowest BCUT2D eigenvalue weighted by atomic mass is 10.0. The Bertz CT molecular complexity index is 1490. The second kappa shape index (κ2) is 12.0. The maximum absolute atomic E-state index is 12.5. The largest absolute Gasteiger partial charge is 0.392 e. The monoisotopic (exact) mass is 573 g/mol. The van der Waals surface area contributed by atoms with Crippen LogP contribution in [0.15, 0.2) is 60.7 Å². The van der Waals surface area contributed by atoms with Crippen LogP contribution >= 0.6 is 11.3 Å². The number of hydrogen-bond donors (Lipinski definition) is 3. The van der Waals surface area contributed by atoms with Gasteiger partial charge in [0.2, 0.25) is 0 Å². The first-order chi connectivity index (χ1) is 19.9. The molecule has 0 bridgehead atoms. The van der Waals surface area contributed by atoms with Crippen molar-refractivity contribution in [2.24, 2.45) is 0 Å². The lowest BCUT2D eigenvalue weighted by Crippen LogP contribution is -2.45. The van der Waals surface area contributed by atoms with Crippen molar-refractivity contribution < 1.29 is 19.4 Å². The van der Waals surface area contributed by atoms with Crippen LogP contribution in [0, 0.1) is 0 Å². The number of urea groups is 1. The third kappa shape index (κ3) is 6.31. The molecule has 3 heterocycles. The van der Waals surface area contributed by atoms with E-state index < -0.39 is 0 Å². The normalized spacial score (nSPS) is 19.4. The van der Waals surface area contributed by atoms with Crippen molar-refractivity contribution in [2.45, 2.75) is 32.7 Å². The van der Waals surface area contributed by atoms with Crippen molar-refractivity contribution in [1.29, 1.82) is 0 Å². The van der Waals surface area contributed by atoms with E-state index in [2.05, 4.69) is 46.4 Å². The highest BCUT2D eigenvalue weighted by Gasteiger charge is 2.26. The molecule has 4 aromatic rings. The van der Waals surface area contributed by atoms with Gasteiger partial charge >= 0.3 is 6.03 Å². The van der Waals surface area contributed by atoms with Crippen LogP contribution in [0.1, 0.15) is 19.4 Å². The summed E-state index contributed by atoms with van der Waals surface area (Å²) in [6.07, 6.45) is 0.335. The number of hydrogen-bond acceptors (Lipinski definition) is 8. The Morgan fingerprint density at radius 2 is 1.56 bits per heavy atom. The molecule has 1 aromatic heterocycles. The maximum Gasteiger partial charge on any atom is 0.323 e. The van der Waals surface area contributed by atoms with Gasteiger partial charge < -0.3 is 35.0 Å². The Morgan fingerprint density at radius 3 is 2.20 bits per heavy atom. The summed E-state index contributed by atoms with van der Waals surface area (Å²) < 4.78 is 12.7. The van der Waals surface area contributed by atoms with Gasteiger partial charge in [-0.05, 0) is 66.9 Å². The van der Waals surface area contributed by atoms with E-state index in [4.69, 9.17) is 14.5 Å². The molecule has 2 amide bonds. The Labute approximate surface area is 243 Å². The summed E-state index contributed by atoms with van der Waals surface area (Å²) in [7, 11) is 0. The zero-order valence-electron chi connectivity index (χ0n) is 23.3. The molecule has 0 unspecified atom stereocenters. The Hall–Kier alpha value is -3.70. The van der Waals surface area contributed by atoms with E-state index in [1.165, 1.54) is 0 Å². The van der Waals surface area contributed by atoms with E-state index in [-0.39, 0.29) is 24.8 Å². The van der Waals surface area contributed by atoms with Gasteiger partial charge in [0, 0.05) is 37.6 Å². The number of carbonyl (C=O) groups excluding carboxylic acids is 1. The number of anilines is 4. The molecule has 3 N–H and O–H groups in total. The molecule has 10 heteroatoms. The highest BCUT2D eigenvalue weighted by molar-refractivity contribution is 7.22. The summed E-state index contributed by atoms with van der Waals surface area (Å²) in [5, 5.41) is 15.9. The van der Waals surface area contributed by atoms with E-state index in [1.54, 1.807) is 35.6 Å². The van der Waals surface area contributed by atoms with E-state index in [0.29, 0.717) is 24.6 Å². The van der Waals surface area contributed by atoms with Crippen molar-refractivity contribution in [2.75, 3.05) is 59.8 Å². The van der Waals surface area contributed by atoms with Gasteiger partial charge in [-0.25, -0.2) is 9.78 Å². The fourth-order valence-electron chi connectivity index (χ4n) is 5.41. The van der Waals surface area contributed by atoms with Crippen molar-refractivity contribution in [1.82, 2.24) is 4.98 Å². The zero-order valence-corrected chi connectivity index (χ0v) is 24.1. The quantitative estimate of drug-likeness (QED) is 0.278. The summed E-state index contributed by atoms with van der Waals surface area (Å²) in [4.78, 5) is 22.4. The Kier molecular flexibility index (Phi) is 8.06. The molecule has 0 aliphatic carbocycles. The minimum absolute atomic E-state index is 0.0315. The van der Waals surface area contributed by atoms with E-state index in [9.17, 15) is 9.90 Å². The van der Waals surface area contributed by atoms with Gasteiger partial charge in [-0.2, -0.15) is 0 Å². The van der Waals surface area contributed by atoms with Gasteiger partial charge in [0.25, 0.3) is 0 Å². The molecule has 2 aliphatic heterocycles. The molecule has 214 valence electrons. The standard InChI is InChI=1S/C31H35N5O4S/c1-20-17-36(18-21(2)40-20)31-34-29-27(35-11-13-39-14-12-35)15-24(16-28(29)41-31)23-5-9-26(10-6-23)33-30(38)32-25-7-3-22(19-37)4-8-25/h3-10,15-16,20-21,37H,11-14,17-19H2,1-2H3,(H2,32,33,38)/t20-,21+. The zero-order chi connectivity index (χ0) is 28.3. The smallest absolute Gasteiger partial charge is 0.323 e.